The zero-order valence-electron chi connectivity index (χ0n) is 12.1. The van der Waals surface area contributed by atoms with Crippen molar-refractivity contribution in [2.24, 2.45) is 5.92 Å². The summed E-state index contributed by atoms with van der Waals surface area (Å²) in [6, 6.07) is 2.92. The Kier molecular flexibility index (Phi) is 4.24. The van der Waals surface area contributed by atoms with Gasteiger partial charge in [-0.15, -0.1) is 0 Å². The Labute approximate surface area is 129 Å². The fraction of sp³-hybridized carbons (Fsp3) is 0.643. The van der Waals surface area contributed by atoms with Crippen LogP contribution in [0.1, 0.15) is 25.7 Å². The Bertz CT molecular complexity index is 618. The van der Waals surface area contributed by atoms with Crippen LogP contribution in [0.25, 0.3) is 0 Å². The van der Waals surface area contributed by atoms with E-state index >= 15 is 0 Å². The molecule has 3 rings (SSSR count). The Balaban J connectivity index is 1.52. The number of carboxylic acid groups (broad SMARTS) is 1. The molecule has 0 aromatic carbocycles. The fourth-order valence-electron chi connectivity index (χ4n) is 2.82. The minimum Gasteiger partial charge on any atom is -0.480 e. The molecule has 0 saturated heterocycles. The van der Waals surface area contributed by atoms with Crippen LogP contribution in [0.2, 0.25) is 0 Å². The normalized spacial score (nSPS) is 25.1. The summed E-state index contributed by atoms with van der Waals surface area (Å²) in [6.07, 6.45) is 4.93. The third-order valence-electron chi connectivity index (χ3n) is 4.24. The molecule has 2 fully saturated rings. The molecule has 2 aliphatic carbocycles. The van der Waals surface area contributed by atoms with E-state index in [1.807, 2.05) is 4.90 Å². The number of hydrogen-bond acceptors (Lipinski definition) is 5. The zero-order valence-corrected chi connectivity index (χ0v) is 13.0. The second kappa shape index (κ2) is 6.02. The Morgan fingerprint density at radius 3 is 2.68 bits per heavy atom. The predicted molar refractivity (Wildman–Crippen MR) is 77.8 cm³/mol. The second-order valence-corrected chi connectivity index (χ2v) is 7.79. The molecule has 2 N–H and O–H groups in total. The molecule has 1 aromatic heterocycles. The molecule has 1 aromatic rings. The van der Waals surface area contributed by atoms with Gasteiger partial charge in [0, 0.05) is 18.6 Å². The minimum atomic E-state index is -3.61. The van der Waals surface area contributed by atoms with E-state index in [1.54, 1.807) is 0 Å². The number of nitrogens with zero attached hydrogens (tertiary/aromatic N) is 1. The van der Waals surface area contributed by atoms with Crippen molar-refractivity contribution in [1.82, 2.24) is 9.62 Å². The highest BCUT2D eigenvalue weighted by molar-refractivity contribution is 7.89. The number of carboxylic acids is 1. The molecule has 0 atom stereocenters. The van der Waals surface area contributed by atoms with Crippen molar-refractivity contribution in [1.29, 1.82) is 0 Å². The molecule has 0 radical (unpaired) electrons. The number of rotatable bonds is 8. The predicted octanol–water partition coefficient (Wildman–Crippen LogP) is 0.886. The van der Waals surface area contributed by atoms with Gasteiger partial charge in [-0.1, -0.05) is 0 Å². The number of carbonyl (C=O) groups is 1. The average Bonchev–Trinajstić information content (AvgIpc) is 3.02. The molecule has 8 heteroatoms. The van der Waals surface area contributed by atoms with Crippen LogP contribution in [0.15, 0.2) is 27.9 Å². The lowest BCUT2D eigenvalue weighted by Crippen LogP contribution is -2.55. The Morgan fingerprint density at radius 2 is 2.14 bits per heavy atom. The standard InChI is InChI=1S/C14H20N2O5S/c17-13(18)9-16(8-10-3-4-10)12-6-11(7-12)15-22(19,20)14-2-1-5-21-14/h1-2,5,10-12,15H,3-4,6-9H2,(H,17,18). The highest BCUT2D eigenvalue weighted by atomic mass is 32.2. The van der Waals surface area contributed by atoms with Crippen LogP contribution < -0.4 is 4.72 Å². The van der Waals surface area contributed by atoms with E-state index in [4.69, 9.17) is 9.52 Å². The minimum absolute atomic E-state index is 0.0266. The van der Waals surface area contributed by atoms with Gasteiger partial charge in [-0.2, -0.15) is 0 Å². The SMILES string of the molecule is O=C(O)CN(CC1CC1)C1CC(NS(=O)(=O)c2ccco2)C1. The van der Waals surface area contributed by atoms with Gasteiger partial charge in [-0.25, -0.2) is 13.1 Å². The molecule has 7 nitrogen and oxygen atoms in total. The molecule has 0 bridgehead atoms. The monoisotopic (exact) mass is 328 g/mol. The van der Waals surface area contributed by atoms with Gasteiger partial charge >= 0.3 is 5.97 Å². The van der Waals surface area contributed by atoms with Gasteiger partial charge in [0.05, 0.1) is 12.8 Å². The van der Waals surface area contributed by atoms with Gasteiger partial charge in [0.25, 0.3) is 10.0 Å². The molecule has 0 amide bonds. The molecular formula is C14H20N2O5S. The molecule has 1 heterocycles. The first-order chi connectivity index (χ1) is 10.4. The van der Waals surface area contributed by atoms with E-state index in [-0.39, 0.29) is 23.7 Å². The lowest BCUT2D eigenvalue weighted by Gasteiger charge is -2.42. The maximum absolute atomic E-state index is 12.0. The van der Waals surface area contributed by atoms with E-state index in [0.29, 0.717) is 18.8 Å². The van der Waals surface area contributed by atoms with E-state index in [9.17, 15) is 13.2 Å². The van der Waals surface area contributed by atoms with Crippen LogP contribution in [-0.2, 0) is 14.8 Å². The van der Waals surface area contributed by atoms with Gasteiger partial charge in [-0.3, -0.25) is 9.69 Å². The van der Waals surface area contributed by atoms with Crippen molar-refractivity contribution >= 4 is 16.0 Å². The van der Waals surface area contributed by atoms with E-state index < -0.39 is 16.0 Å². The van der Waals surface area contributed by atoms with Crippen molar-refractivity contribution in [3.63, 3.8) is 0 Å². The second-order valence-electron chi connectivity index (χ2n) is 6.14. The van der Waals surface area contributed by atoms with Crippen LogP contribution in [0, 0.1) is 5.92 Å². The summed E-state index contributed by atoms with van der Waals surface area (Å²) >= 11 is 0. The summed E-state index contributed by atoms with van der Waals surface area (Å²) in [5.41, 5.74) is 0. The Hall–Kier alpha value is -1.38. The van der Waals surface area contributed by atoms with Crippen molar-refractivity contribution in [3.05, 3.63) is 18.4 Å². The fourth-order valence-corrected chi connectivity index (χ4v) is 4.01. The average molecular weight is 328 g/mol. The lowest BCUT2D eigenvalue weighted by atomic mass is 9.86. The van der Waals surface area contributed by atoms with Gasteiger partial charge < -0.3 is 9.52 Å². The third kappa shape index (κ3) is 3.68. The van der Waals surface area contributed by atoms with Gasteiger partial charge in [0.15, 0.2) is 0 Å². The molecule has 0 aliphatic heterocycles. The van der Waals surface area contributed by atoms with E-state index in [2.05, 4.69) is 4.72 Å². The maximum atomic E-state index is 12.0. The third-order valence-corrected chi connectivity index (χ3v) is 5.64. The summed E-state index contributed by atoms with van der Waals surface area (Å²) in [7, 11) is -3.61. The first-order valence-corrected chi connectivity index (χ1v) is 8.94. The van der Waals surface area contributed by atoms with Crippen LogP contribution in [0.4, 0.5) is 0 Å². The van der Waals surface area contributed by atoms with E-state index in [0.717, 1.165) is 19.4 Å². The largest absolute Gasteiger partial charge is 0.480 e. The molecule has 2 aliphatic rings. The first-order valence-electron chi connectivity index (χ1n) is 7.46. The van der Waals surface area contributed by atoms with Crippen molar-refractivity contribution < 1.29 is 22.7 Å². The number of hydrogen-bond donors (Lipinski definition) is 2. The van der Waals surface area contributed by atoms with Crippen LogP contribution in [-0.4, -0.2) is 49.6 Å². The summed E-state index contributed by atoms with van der Waals surface area (Å²) in [6.45, 7) is 0.827. The van der Waals surface area contributed by atoms with E-state index in [1.165, 1.54) is 18.4 Å². The summed E-state index contributed by atoms with van der Waals surface area (Å²) in [4.78, 5) is 12.9. The highest BCUT2D eigenvalue weighted by Crippen LogP contribution is 2.34. The smallest absolute Gasteiger partial charge is 0.317 e. The van der Waals surface area contributed by atoms with Crippen molar-refractivity contribution in [2.45, 2.75) is 42.9 Å². The number of nitrogens with one attached hydrogen (secondary N) is 1. The zero-order chi connectivity index (χ0) is 15.7. The van der Waals surface area contributed by atoms with Crippen LogP contribution in [0.5, 0.6) is 0 Å². The van der Waals surface area contributed by atoms with Crippen molar-refractivity contribution in [3.8, 4) is 0 Å². The molecule has 0 spiro atoms. The Morgan fingerprint density at radius 1 is 1.41 bits per heavy atom. The maximum Gasteiger partial charge on any atom is 0.317 e. The molecule has 2 saturated carbocycles. The van der Waals surface area contributed by atoms with Gasteiger partial charge in [-0.05, 0) is 43.7 Å². The van der Waals surface area contributed by atoms with Crippen LogP contribution >= 0.6 is 0 Å². The summed E-state index contributed by atoms with van der Waals surface area (Å²) in [5, 5.41) is 8.91. The van der Waals surface area contributed by atoms with Gasteiger partial charge in [0.1, 0.15) is 0 Å². The molecule has 122 valence electrons. The summed E-state index contributed by atoms with van der Waals surface area (Å²) in [5.74, 6) is -0.224. The van der Waals surface area contributed by atoms with Crippen LogP contribution in [0.3, 0.4) is 0 Å². The molecule has 0 unspecified atom stereocenters. The lowest BCUT2D eigenvalue weighted by molar-refractivity contribution is -0.139. The topological polar surface area (TPSA) is 99.9 Å². The molecule has 22 heavy (non-hydrogen) atoms. The number of aliphatic carboxylic acids is 1. The number of sulfonamides is 1. The van der Waals surface area contributed by atoms with Gasteiger partial charge in [0.2, 0.25) is 5.09 Å². The summed E-state index contributed by atoms with van der Waals surface area (Å²) < 4.78 is 31.6. The quantitative estimate of drug-likeness (QED) is 0.735. The first kappa shape index (κ1) is 15.5. The highest BCUT2D eigenvalue weighted by Gasteiger charge is 2.39. The molecular weight excluding hydrogens is 308 g/mol. The van der Waals surface area contributed by atoms with Crippen molar-refractivity contribution in [2.75, 3.05) is 13.1 Å². The number of furan rings is 1.